The maximum absolute atomic E-state index is 12.9. The normalized spacial score (nSPS) is 13.7. The van der Waals surface area contributed by atoms with Gasteiger partial charge in [0.25, 0.3) is 5.91 Å². The van der Waals surface area contributed by atoms with E-state index in [4.69, 9.17) is 0 Å². The number of hydrogen-bond donors (Lipinski definition) is 1. The second-order valence-corrected chi connectivity index (χ2v) is 8.08. The molecule has 0 atom stereocenters. The van der Waals surface area contributed by atoms with Gasteiger partial charge in [-0.1, -0.05) is 30.3 Å². The van der Waals surface area contributed by atoms with Crippen molar-refractivity contribution < 1.29 is 4.79 Å². The van der Waals surface area contributed by atoms with Gasteiger partial charge >= 0.3 is 5.69 Å². The van der Waals surface area contributed by atoms with Crippen molar-refractivity contribution in [3.05, 3.63) is 75.9 Å². The van der Waals surface area contributed by atoms with Gasteiger partial charge in [0.2, 0.25) is 0 Å². The highest BCUT2D eigenvalue weighted by atomic mass is 32.1. The second kappa shape index (κ2) is 7.29. The highest BCUT2D eigenvalue weighted by molar-refractivity contribution is 7.20. The Hall–Kier alpha value is -3.26. The Bertz CT molecular complexity index is 1200. The molecule has 2 heterocycles. The third kappa shape index (κ3) is 3.47. The highest BCUT2D eigenvalue weighted by Crippen LogP contribution is 2.39. The topological polar surface area (TPSA) is 81.8 Å². The van der Waals surface area contributed by atoms with E-state index in [0.717, 1.165) is 34.6 Å². The fourth-order valence-electron chi connectivity index (χ4n) is 3.32. The van der Waals surface area contributed by atoms with Crippen molar-refractivity contribution >= 4 is 27.5 Å². The number of aromatic nitrogens is 4. The number of thiazole rings is 1. The van der Waals surface area contributed by atoms with Crippen LogP contribution in [0.4, 0.5) is 0 Å². The monoisotopic (exact) mass is 405 g/mol. The van der Waals surface area contributed by atoms with Crippen LogP contribution in [-0.2, 0) is 6.54 Å². The molecule has 2 aromatic carbocycles. The number of fused-ring (bicyclic) bond motifs is 1. The summed E-state index contributed by atoms with van der Waals surface area (Å²) in [5.74, 6) is 0.907. The molecule has 0 unspecified atom stereocenters. The van der Waals surface area contributed by atoms with Gasteiger partial charge in [-0.25, -0.2) is 19.0 Å². The molecule has 8 heteroatoms. The summed E-state index contributed by atoms with van der Waals surface area (Å²) in [4.78, 5) is 29.7. The molecule has 5 rings (SSSR count). The van der Waals surface area contributed by atoms with Gasteiger partial charge in [-0.15, -0.1) is 11.3 Å². The lowest BCUT2D eigenvalue weighted by atomic mass is 10.3. The smallest absolute Gasteiger partial charge is 0.348 e. The van der Waals surface area contributed by atoms with Crippen LogP contribution in [0.3, 0.4) is 0 Å². The number of carbonyl (C=O) groups excluding carboxylic acids is 1. The first-order chi connectivity index (χ1) is 14.2. The molecule has 7 nitrogen and oxygen atoms in total. The van der Waals surface area contributed by atoms with Gasteiger partial charge in [-0.3, -0.25) is 4.79 Å². The fraction of sp³-hybridized carbons (Fsp3) is 0.238. The lowest BCUT2D eigenvalue weighted by Gasteiger charge is -2.03. The average Bonchev–Trinajstić information content (AvgIpc) is 3.41. The van der Waals surface area contributed by atoms with E-state index in [2.05, 4.69) is 15.4 Å². The van der Waals surface area contributed by atoms with Crippen LogP contribution in [0.2, 0.25) is 0 Å². The lowest BCUT2D eigenvalue weighted by molar-refractivity contribution is 0.0951. The Labute approximate surface area is 170 Å². The van der Waals surface area contributed by atoms with E-state index in [1.807, 2.05) is 54.6 Å². The van der Waals surface area contributed by atoms with Crippen molar-refractivity contribution in [3.8, 4) is 5.69 Å². The zero-order chi connectivity index (χ0) is 19.8. The standard InChI is InChI=1S/C21H19N5O2S/c27-19(20-23-16-8-4-5-9-17(16)29-20)22-12-13-25-21(28)26(15-6-2-1-3-7-15)18(24-25)14-10-11-14/h1-9,14H,10-13H2,(H,22,27). The molecule has 0 aliphatic heterocycles. The van der Waals surface area contributed by atoms with Crippen LogP contribution in [0.5, 0.6) is 0 Å². The molecule has 0 radical (unpaired) electrons. The van der Waals surface area contributed by atoms with Crippen LogP contribution < -0.4 is 11.0 Å². The molecule has 1 aliphatic rings. The molecule has 1 fully saturated rings. The molecular weight excluding hydrogens is 386 g/mol. The van der Waals surface area contributed by atoms with Gasteiger partial charge in [0.15, 0.2) is 5.01 Å². The number of nitrogens with one attached hydrogen (secondary N) is 1. The Morgan fingerprint density at radius 2 is 1.86 bits per heavy atom. The zero-order valence-corrected chi connectivity index (χ0v) is 16.4. The minimum atomic E-state index is -0.232. The lowest BCUT2D eigenvalue weighted by Crippen LogP contribution is -2.32. The van der Waals surface area contributed by atoms with Crippen molar-refractivity contribution in [2.24, 2.45) is 0 Å². The fourth-order valence-corrected chi connectivity index (χ4v) is 4.20. The SMILES string of the molecule is O=C(NCCn1nc(C2CC2)n(-c2ccccc2)c1=O)c1nc2ccccc2s1. The van der Waals surface area contributed by atoms with Gasteiger partial charge in [-0.2, -0.15) is 5.10 Å². The summed E-state index contributed by atoms with van der Waals surface area (Å²) in [6, 6.07) is 17.2. The number of benzene rings is 2. The van der Waals surface area contributed by atoms with Crippen LogP contribution in [0, 0.1) is 0 Å². The number of hydrogen-bond acceptors (Lipinski definition) is 5. The molecule has 2 aromatic heterocycles. The van der Waals surface area contributed by atoms with E-state index >= 15 is 0 Å². The summed E-state index contributed by atoms with van der Waals surface area (Å²) in [6.45, 7) is 0.625. The Balaban J connectivity index is 1.32. The van der Waals surface area contributed by atoms with Crippen LogP contribution in [0.1, 0.15) is 34.4 Å². The van der Waals surface area contributed by atoms with E-state index in [9.17, 15) is 9.59 Å². The molecule has 4 aromatic rings. The molecule has 0 spiro atoms. The van der Waals surface area contributed by atoms with Gasteiger partial charge in [-0.05, 0) is 37.1 Å². The summed E-state index contributed by atoms with van der Waals surface area (Å²) >= 11 is 1.36. The Morgan fingerprint density at radius 1 is 1.10 bits per heavy atom. The van der Waals surface area contributed by atoms with Crippen molar-refractivity contribution in [2.45, 2.75) is 25.3 Å². The van der Waals surface area contributed by atoms with Crippen LogP contribution in [0.15, 0.2) is 59.4 Å². The molecule has 0 saturated heterocycles. The van der Waals surface area contributed by atoms with Crippen molar-refractivity contribution in [1.29, 1.82) is 0 Å². The summed E-state index contributed by atoms with van der Waals surface area (Å²) in [5, 5.41) is 7.83. The molecule has 146 valence electrons. The zero-order valence-electron chi connectivity index (χ0n) is 15.6. The molecule has 1 N–H and O–H groups in total. The van der Waals surface area contributed by atoms with Gasteiger partial charge < -0.3 is 5.32 Å². The number of rotatable bonds is 6. The van der Waals surface area contributed by atoms with E-state index in [1.54, 1.807) is 4.57 Å². The average molecular weight is 405 g/mol. The van der Waals surface area contributed by atoms with E-state index in [-0.39, 0.29) is 11.6 Å². The molecule has 1 saturated carbocycles. The maximum atomic E-state index is 12.9. The summed E-state index contributed by atoms with van der Waals surface area (Å²) in [7, 11) is 0. The third-order valence-corrected chi connectivity index (χ3v) is 5.95. The quantitative estimate of drug-likeness (QED) is 0.535. The summed E-state index contributed by atoms with van der Waals surface area (Å²) in [6.07, 6.45) is 2.11. The van der Waals surface area contributed by atoms with Gasteiger partial charge in [0, 0.05) is 12.5 Å². The molecule has 0 bridgehead atoms. The van der Waals surface area contributed by atoms with Gasteiger partial charge in [0.05, 0.1) is 22.4 Å². The van der Waals surface area contributed by atoms with Crippen LogP contribution in [0.25, 0.3) is 15.9 Å². The number of carbonyl (C=O) groups is 1. The molecular formula is C21H19N5O2S. The number of para-hydroxylation sites is 2. The van der Waals surface area contributed by atoms with E-state index < -0.39 is 0 Å². The molecule has 29 heavy (non-hydrogen) atoms. The number of nitrogens with zero attached hydrogens (tertiary/aromatic N) is 4. The first-order valence-corrected chi connectivity index (χ1v) is 10.4. The van der Waals surface area contributed by atoms with E-state index in [0.29, 0.717) is 24.0 Å². The third-order valence-electron chi connectivity index (χ3n) is 4.92. The van der Waals surface area contributed by atoms with Crippen LogP contribution >= 0.6 is 11.3 Å². The predicted molar refractivity (Wildman–Crippen MR) is 112 cm³/mol. The Kier molecular flexibility index (Phi) is 4.48. The molecule has 1 aliphatic carbocycles. The predicted octanol–water partition coefficient (Wildman–Crippen LogP) is 2.95. The minimum Gasteiger partial charge on any atom is -0.348 e. The first-order valence-electron chi connectivity index (χ1n) is 9.59. The largest absolute Gasteiger partial charge is 0.350 e. The van der Waals surface area contributed by atoms with Crippen molar-refractivity contribution in [3.63, 3.8) is 0 Å². The Morgan fingerprint density at radius 3 is 2.62 bits per heavy atom. The molecule has 1 amide bonds. The van der Waals surface area contributed by atoms with Crippen LogP contribution in [-0.4, -0.2) is 31.8 Å². The van der Waals surface area contributed by atoms with Crippen molar-refractivity contribution in [2.75, 3.05) is 6.54 Å². The summed E-state index contributed by atoms with van der Waals surface area (Å²) in [5.41, 5.74) is 1.46. The van der Waals surface area contributed by atoms with E-state index in [1.165, 1.54) is 16.0 Å². The number of amides is 1. The first kappa shape index (κ1) is 17.8. The van der Waals surface area contributed by atoms with Gasteiger partial charge in [0.1, 0.15) is 5.82 Å². The second-order valence-electron chi connectivity index (χ2n) is 7.05. The maximum Gasteiger partial charge on any atom is 0.350 e. The highest BCUT2D eigenvalue weighted by Gasteiger charge is 2.31. The minimum absolute atomic E-state index is 0.174. The summed E-state index contributed by atoms with van der Waals surface area (Å²) < 4.78 is 4.11. The van der Waals surface area contributed by atoms with Crippen molar-refractivity contribution in [1.82, 2.24) is 24.6 Å².